The van der Waals surface area contributed by atoms with Crippen LogP contribution < -0.4 is 14.8 Å². The van der Waals surface area contributed by atoms with E-state index >= 15 is 0 Å². The first-order valence-corrected chi connectivity index (χ1v) is 9.99. The smallest absolute Gasteiger partial charge is 0.262 e. The van der Waals surface area contributed by atoms with Gasteiger partial charge in [-0.25, -0.2) is 9.37 Å². The Morgan fingerprint density at radius 1 is 1.18 bits per heavy atom. The van der Waals surface area contributed by atoms with E-state index in [1.165, 1.54) is 24.3 Å². The average molecular weight is 442 g/mol. The molecule has 4 rings (SSSR count). The van der Waals surface area contributed by atoms with Gasteiger partial charge in [-0.3, -0.25) is 4.79 Å². The highest BCUT2D eigenvalue weighted by Crippen LogP contribution is 2.26. The molecule has 0 saturated carbocycles. The number of H-pyrrole nitrogens is 1. The van der Waals surface area contributed by atoms with E-state index in [0.717, 1.165) is 5.52 Å². The number of anilines is 1. The van der Waals surface area contributed by atoms with E-state index in [4.69, 9.17) is 9.47 Å². The first kappa shape index (κ1) is 21.6. The van der Waals surface area contributed by atoms with Crippen LogP contribution in [0.4, 0.5) is 10.1 Å². The Kier molecular flexibility index (Phi) is 6.32. The van der Waals surface area contributed by atoms with Gasteiger partial charge in [0.05, 0.1) is 23.7 Å². The third kappa shape index (κ3) is 5.17. The molecular formula is C25H19FN4O3. The number of para-hydroxylation sites is 1. The lowest BCUT2D eigenvalue weighted by molar-refractivity contribution is -0.118. The number of imidazole rings is 1. The molecule has 3 aromatic carbocycles. The number of methoxy groups -OCH3 is 1. The zero-order valence-corrected chi connectivity index (χ0v) is 17.6. The molecule has 0 fully saturated rings. The summed E-state index contributed by atoms with van der Waals surface area (Å²) in [7, 11) is 1.58. The molecule has 0 radical (unpaired) electrons. The number of rotatable bonds is 7. The molecule has 1 amide bonds. The van der Waals surface area contributed by atoms with Crippen molar-refractivity contribution >= 4 is 34.3 Å². The van der Waals surface area contributed by atoms with Gasteiger partial charge in [-0.15, -0.1) is 0 Å². The maximum atomic E-state index is 13.0. The molecule has 0 atom stereocenters. The molecule has 0 aliphatic heterocycles. The fourth-order valence-corrected chi connectivity index (χ4v) is 3.16. The molecule has 7 nitrogen and oxygen atoms in total. The molecule has 0 bridgehead atoms. The number of hydrogen-bond acceptors (Lipinski definition) is 5. The number of allylic oxidation sites excluding steroid dienone is 1. The number of aromatic nitrogens is 2. The van der Waals surface area contributed by atoms with Gasteiger partial charge in [0.1, 0.15) is 29.2 Å². The van der Waals surface area contributed by atoms with E-state index in [-0.39, 0.29) is 12.4 Å². The van der Waals surface area contributed by atoms with E-state index in [2.05, 4.69) is 21.4 Å². The van der Waals surface area contributed by atoms with Gasteiger partial charge in [0.2, 0.25) is 0 Å². The first-order valence-electron chi connectivity index (χ1n) is 9.99. The molecule has 8 heteroatoms. The maximum absolute atomic E-state index is 13.0. The zero-order chi connectivity index (χ0) is 23.2. The fourth-order valence-electron chi connectivity index (χ4n) is 3.16. The molecule has 33 heavy (non-hydrogen) atoms. The summed E-state index contributed by atoms with van der Waals surface area (Å²) in [5, 5.41) is 12.4. The van der Waals surface area contributed by atoms with E-state index in [0.29, 0.717) is 39.7 Å². The van der Waals surface area contributed by atoms with Crippen molar-refractivity contribution in [2.24, 2.45) is 0 Å². The summed E-state index contributed by atoms with van der Waals surface area (Å²) in [5.74, 6) is 0.730. The molecular weight excluding hydrogens is 423 g/mol. The van der Waals surface area contributed by atoms with Crippen LogP contribution in [0.5, 0.6) is 11.5 Å². The van der Waals surface area contributed by atoms with Crippen molar-refractivity contribution in [1.82, 2.24) is 9.97 Å². The van der Waals surface area contributed by atoms with Crippen molar-refractivity contribution < 1.29 is 18.7 Å². The van der Waals surface area contributed by atoms with Crippen LogP contribution in [-0.2, 0) is 4.79 Å². The van der Waals surface area contributed by atoms with Crippen LogP contribution in [0.25, 0.3) is 22.7 Å². The van der Waals surface area contributed by atoms with Crippen LogP contribution in [0.15, 0.2) is 66.7 Å². The van der Waals surface area contributed by atoms with Crippen LogP contribution in [0.1, 0.15) is 11.4 Å². The molecule has 0 aliphatic rings. The lowest BCUT2D eigenvalue weighted by Gasteiger charge is -2.10. The lowest BCUT2D eigenvalue weighted by Crippen LogP contribution is -2.20. The Labute approximate surface area is 189 Å². The second kappa shape index (κ2) is 9.66. The molecule has 0 spiro atoms. The summed E-state index contributed by atoms with van der Waals surface area (Å²) in [6, 6.07) is 20.1. The number of nitriles is 1. The Balaban J connectivity index is 1.52. The highest BCUT2D eigenvalue weighted by atomic mass is 19.1. The monoisotopic (exact) mass is 442 g/mol. The van der Waals surface area contributed by atoms with Crippen LogP contribution >= 0.6 is 0 Å². The van der Waals surface area contributed by atoms with Crippen molar-refractivity contribution in [3.05, 3.63) is 83.9 Å². The second-order valence-electron chi connectivity index (χ2n) is 7.02. The Morgan fingerprint density at radius 2 is 1.97 bits per heavy atom. The Morgan fingerprint density at radius 3 is 2.73 bits per heavy atom. The molecule has 164 valence electrons. The maximum Gasteiger partial charge on any atom is 0.262 e. The number of ether oxygens (including phenoxy) is 2. The van der Waals surface area contributed by atoms with Gasteiger partial charge in [0.25, 0.3) is 5.91 Å². The second-order valence-corrected chi connectivity index (χ2v) is 7.02. The van der Waals surface area contributed by atoms with Gasteiger partial charge in [0, 0.05) is 17.3 Å². The van der Waals surface area contributed by atoms with Gasteiger partial charge in [-0.05, 0) is 48.5 Å². The molecule has 1 heterocycles. The summed E-state index contributed by atoms with van der Waals surface area (Å²) in [6.07, 6.45) is 1.64. The van der Waals surface area contributed by atoms with Crippen molar-refractivity contribution in [2.45, 2.75) is 0 Å². The third-order valence-corrected chi connectivity index (χ3v) is 4.77. The molecule has 0 unspecified atom stereocenters. The van der Waals surface area contributed by atoms with Crippen LogP contribution in [0.3, 0.4) is 0 Å². The summed E-state index contributed by atoms with van der Waals surface area (Å²) < 4.78 is 23.9. The van der Waals surface area contributed by atoms with E-state index < -0.39 is 5.91 Å². The van der Waals surface area contributed by atoms with Crippen molar-refractivity contribution in [3.63, 3.8) is 0 Å². The van der Waals surface area contributed by atoms with Gasteiger partial charge < -0.3 is 19.8 Å². The van der Waals surface area contributed by atoms with Crippen LogP contribution in [0.2, 0.25) is 0 Å². The topological polar surface area (TPSA) is 100 Å². The number of benzene rings is 3. The standard InChI is InChI=1S/C25H19FN4O3/c1-32-20-10-11-21-22(13-20)30-25(29-21)17(14-27)12-16-4-2-3-5-23(16)33-15-24(31)28-19-8-6-18(26)7-9-19/h2-13H,15H2,1H3,(H,28,31)(H,29,30)/b17-12-. The van der Waals surface area contributed by atoms with Crippen LogP contribution in [0, 0.1) is 17.1 Å². The molecule has 1 aromatic heterocycles. The highest BCUT2D eigenvalue weighted by Gasteiger charge is 2.11. The van der Waals surface area contributed by atoms with E-state index in [9.17, 15) is 14.4 Å². The number of nitrogens with one attached hydrogen (secondary N) is 2. The minimum atomic E-state index is -0.396. The van der Waals surface area contributed by atoms with Gasteiger partial charge >= 0.3 is 0 Å². The van der Waals surface area contributed by atoms with Gasteiger partial charge in [0.15, 0.2) is 6.61 Å². The molecule has 4 aromatic rings. The Bertz CT molecular complexity index is 1370. The van der Waals surface area contributed by atoms with Crippen molar-refractivity contribution in [3.8, 4) is 17.6 Å². The average Bonchev–Trinajstić information content (AvgIpc) is 3.26. The van der Waals surface area contributed by atoms with Crippen molar-refractivity contribution in [2.75, 3.05) is 19.0 Å². The summed E-state index contributed by atoms with van der Waals surface area (Å²) in [6.45, 7) is -0.255. The molecule has 2 N–H and O–H groups in total. The number of aromatic amines is 1. The summed E-state index contributed by atoms with van der Waals surface area (Å²) >= 11 is 0. The number of carbonyl (C=O) groups excluding carboxylic acids is 1. The number of hydrogen-bond donors (Lipinski definition) is 2. The summed E-state index contributed by atoms with van der Waals surface area (Å²) in [4.78, 5) is 19.8. The number of fused-ring (bicyclic) bond motifs is 1. The normalized spacial score (nSPS) is 11.1. The van der Waals surface area contributed by atoms with Gasteiger partial charge in [-0.1, -0.05) is 18.2 Å². The fraction of sp³-hybridized carbons (Fsp3) is 0.0800. The predicted octanol–water partition coefficient (Wildman–Crippen LogP) is 4.79. The number of halogens is 1. The van der Waals surface area contributed by atoms with Crippen molar-refractivity contribution in [1.29, 1.82) is 5.26 Å². The predicted molar refractivity (Wildman–Crippen MR) is 123 cm³/mol. The first-order chi connectivity index (χ1) is 16.1. The Hall–Kier alpha value is -4.64. The lowest BCUT2D eigenvalue weighted by atomic mass is 10.1. The summed E-state index contributed by atoms with van der Waals surface area (Å²) in [5.41, 5.74) is 2.83. The molecule has 0 aliphatic carbocycles. The number of carbonyl (C=O) groups is 1. The largest absolute Gasteiger partial charge is 0.497 e. The minimum Gasteiger partial charge on any atom is -0.497 e. The van der Waals surface area contributed by atoms with Crippen LogP contribution in [-0.4, -0.2) is 29.6 Å². The molecule has 0 saturated heterocycles. The van der Waals surface area contributed by atoms with Gasteiger partial charge in [-0.2, -0.15) is 5.26 Å². The SMILES string of the molecule is COc1ccc2nc(/C(C#N)=C\c3ccccc3OCC(=O)Nc3ccc(F)cc3)[nH]c2c1. The zero-order valence-electron chi connectivity index (χ0n) is 17.6. The third-order valence-electron chi connectivity index (χ3n) is 4.77. The number of nitrogens with zero attached hydrogens (tertiary/aromatic N) is 2. The minimum absolute atomic E-state index is 0.255. The van der Waals surface area contributed by atoms with E-state index in [1.807, 2.05) is 0 Å². The highest BCUT2D eigenvalue weighted by molar-refractivity contribution is 5.93. The quantitative estimate of drug-likeness (QED) is 0.401. The van der Waals surface area contributed by atoms with E-state index in [1.54, 1.807) is 55.7 Å². The number of amides is 1.